The Balaban J connectivity index is 1.50. The van der Waals surface area contributed by atoms with E-state index in [1.165, 1.54) is 5.56 Å². The molecule has 0 amide bonds. The fourth-order valence-corrected chi connectivity index (χ4v) is 4.52. The summed E-state index contributed by atoms with van der Waals surface area (Å²) >= 11 is 0. The minimum absolute atomic E-state index is 0.0125. The van der Waals surface area contributed by atoms with E-state index in [0.29, 0.717) is 11.7 Å². The summed E-state index contributed by atoms with van der Waals surface area (Å²) in [6.45, 7) is 0. The van der Waals surface area contributed by atoms with Gasteiger partial charge in [-0.15, -0.1) is 0 Å². The molecule has 0 saturated heterocycles. The van der Waals surface area contributed by atoms with Crippen LogP contribution in [0.4, 0.5) is 5.69 Å². The molecule has 0 fully saturated rings. The summed E-state index contributed by atoms with van der Waals surface area (Å²) in [6, 6.07) is 21.7. The smallest absolute Gasteiger partial charge is 0.163 e. The largest absolute Gasteiger partial charge is 0.504 e. The van der Waals surface area contributed by atoms with Crippen molar-refractivity contribution in [3.63, 3.8) is 0 Å². The number of phenolic OH excluding ortho intramolecular Hbond substituents is 1. The topological polar surface area (TPSA) is 50.7 Å². The van der Waals surface area contributed by atoms with Gasteiger partial charge in [-0.05, 0) is 54.3 Å². The van der Waals surface area contributed by atoms with Crippen molar-refractivity contribution < 1.29 is 14.6 Å². The van der Waals surface area contributed by atoms with Crippen LogP contribution in [0.25, 0.3) is 0 Å². The van der Waals surface area contributed by atoms with Gasteiger partial charge in [-0.2, -0.15) is 0 Å². The summed E-state index contributed by atoms with van der Waals surface area (Å²) in [5.41, 5.74) is 3.18. The molecule has 0 bridgehead atoms. The first-order valence-electron chi connectivity index (χ1n) is 9.90. The Kier molecular flexibility index (Phi) is 4.39. The minimum atomic E-state index is 0.0125. The third-order valence-corrected chi connectivity index (χ3v) is 5.90. The molecule has 4 nitrogen and oxygen atoms in total. The molecule has 0 saturated carbocycles. The molecule has 4 heteroatoms. The van der Waals surface area contributed by atoms with E-state index >= 15 is 0 Å². The molecular formula is C25H23NO3. The molecule has 0 spiro atoms. The second-order valence-corrected chi connectivity index (χ2v) is 7.54. The van der Waals surface area contributed by atoms with Crippen LogP contribution in [0, 0.1) is 5.92 Å². The van der Waals surface area contributed by atoms with Gasteiger partial charge in [-0.1, -0.05) is 42.5 Å². The molecule has 146 valence electrons. The second kappa shape index (κ2) is 7.21. The van der Waals surface area contributed by atoms with Crippen molar-refractivity contribution in [3.05, 3.63) is 90.0 Å². The molecule has 2 aliphatic rings. The fraction of sp³-hybridized carbons (Fsp3) is 0.200. The number of phenols is 1. The molecule has 3 atom stereocenters. The van der Waals surface area contributed by atoms with Gasteiger partial charge < -0.3 is 19.9 Å². The van der Waals surface area contributed by atoms with E-state index in [-0.39, 0.29) is 17.7 Å². The number of benzene rings is 3. The molecule has 5 rings (SSSR count). The van der Waals surface area contributed by atoms with Crippen molar-refractivity contribution >= 4 is 5.69 Å². The zero-order chi connectivity index (χ0) is 19.8. The standard InChI is InChI=1S/C25H23NO3/c1-28-23-12-6-11-20(25(23)27)24-19-10-5-9-18(19)21-15-17(13-14-22(21)26-24)29-16-7-3-2-4-8-16/h2-9,11-15,18-19,24,26-27H,10H2,1H3. The molecule has 29 heavy (non-hydrogen) atoms. The van der Waals surface area contributed by atoms with E-state index in [1.807, 2.05) is 48.5 Å². The number of hydrogen-bond acceptors (Lipinski definition) is 4. The first-order chi connectivity index (χ1) is 14.2. The molecule has 3 aromatic rings. The van der Waals surface area contributed by atoms with Gasteiger partial charge in [0, 0.05) is 17.2 Å². The molecule has 3 unspecified atom stereocenters. The molecule has 1 aliphatic heterocycles. The summed E-state index contributed by atoms with van der Waals surface area (Å²) in [5, 5.41) is 14.4. The lowest BCUT2D eigenvalue weighted by Crippen LogP contribution is -2.29. The second-order valence-electron chi connectivity index (χ2n) is 7.54. The van der Waals surface area contributed by atoms with Gasteiger partial charge in [-0.3, -0.25) is 0 Å². The van der Waals surface area contributed by atoms with E-state index in [9.17, 15) is 5.11 Å². The monoisotopic (exact) mass is 385 g/mol. The highest BCUT2D eigenvalue weighted by molar-refractivity contribution is 5.63. The Morgan fingerprint density at radius 3 is 2.62 bits per heavy atom. The average molecular weight is 385 g/mol. The number of fused-ring (bicyclic) bond motifs is 3. The number of rotatable bonds is 4. The fourth-order valence-electron chi connectivity index (χ4n) is 4.52. The Labute approximate surface area is 170 Å². The average Bonchev–Trinajstić information content (AvgIpc) is 3.25. The van der Waals surface area contributed by atoms with Gasteiger partial charge in [0.25, 0.3) is 0 Å². The zero-order valence-electron chi connectivity index (χ0n) is 16.2. The van der Waals surface area contributed by atoms with E-state index in [2.05, 4.69) is 29.6 Å². The molecule has 2 N–H and O–H groups in total. The van der Waals surface area contributed by atoms with Gasteiger partial charge in [0.1, 0.15) is 11.5 Å². The summed E-state index contributed by atoms with van der Waals surface area (Å²) in [6.07, 6.45) is 5.48. The Morgan fingerprint density at radius 2 is 1.79 bits per heavy atom. The van der Waals surface area contributed by atoms with E-state index in [0.717, 1.165) is 29.2 Å². The quantitative estimate of drug-likeness (QED) is 0.539. The number of allylic oxidation sites excluding steroid dienone is 2. The van der Waals surface area contributed by atoms with Gasteiger partial charge in [0.15, 0.2) is 11.5 Å². The van der Waals surface area contributed by atoms with Gasteiger partial charge in [0.2, 0.25) is 0 Å². The van der Waals surface area contributed by atoms with Crippen LogP contribution in [0.5, 0.6) is 23.0 Å². The van der Waals surface area contributed by atoms with Crippen LogP contribution in [0.3, 0.4) is 0 Å². The van der Waals surface area contributed by atoms with Crippen molar-refractivity contribution in [1.29, 1.82) is 0 Å². The highest BCUT2D eigenvalue weighted by Crippen LogP contribution is 2.52. The highest BCUT2D eigenvalue weighted by Gasteiger charge is 2.39. The first-order valence-corrected chi connectivity index (χ1v) is 9.90. The SMILES string of the molecule is COc1cccc(C2Nc3ccc(Oc4ccccc4)cc3C3C=CCC32)c1O. The van der Waals surface area contributed by atoms with Crippen molar-refractivity contribution in [2.24, 2.45) is 5.92 Å². The molecule has 1 aliphatic carbocycles. The van der Waals surface area contributed by atoms with Gasteiger partial charge in [-0.25, -0.2) is 0 Å². The Bertz CT molecular complexity index is 1060. The zero-order valence-corrected chi connectivity index (χ0v) is 16.2. The maximum Gasteiger partial charge on any atom is 0.163 e. The number of hydrogen-bond donors (Lipinski definition) is 2. The summed E-state index contributed by atoms with van der Waals surface area (Å²) in [5.74, 6) is 2.98. The van der Waals surface area contributed by atoms with E-state index < -0.39 is 0 Å². The number of para-hydroxylation sites is 2. The van der Waals surface area contributed by atoms with Crippen molar-refractivity contribution in [2.45, 2.75) is 18.4 Å². The predicted octanol–water partition coefficient (Wildman–Crippen LogP) is 6.02. The van der Waals surface area contributed by atoms with Crippen LogP contribution in [-0.2, 0) is 0 Å². The normalized spacial score (nSPS) is 21.8. The van der Waals surface area contributed by atoms with Crippen LogP contribution < -0.4 is 14.8 Å². The highest BCUT2D eigenvalue weighted by atomic mass is 16.5. The third-order valence-electron chi connectivity index (χ3n) is 5.90. The maximum absolute atomic E-state index is 10.7. The molecule has 3 aromatic carbocycles. The molecular weight excluding hydrogens is 362 g/mol. The number of ether oxygens (including phenoxy) is 2. The van der Waals surface area contributed by atoms with E-state index in [1.54, 1.807) is 13.2 Å². The Hall–Kier alpha value is -3.40. The van der Waals surface area contributed by atoms with Gasteiger partial charge >= 0.3 is 0 Å². The van der Waals surface area contributed by atoms with Crippen LogP contribution in [0.2, 0.25) is 0 Å². The predicted molar refractivity (Wildman–Crippen MR) is 114 cm³/mol. The molecule has 0 aromatic heterocycles. The third kappa shape index (κ3) is 3.11. The molecule has 0 radical (unpaired) electrons. The minimum Gasteiger partial charge on any atom is -0.504 e. The van der Waals surface area contributed by atoms with Gasteiger partial charge in [0.05, 0.1) is 13.2 Å². The lowest BCUT2D eigenvalue weighted by atomic mass is 9.76. The maximum atomic E-state index is 10.7. The van der Waals surface area contributed by atoms with Crippen LogP contribution in [0.1, 0.15) is 29.5 Å². The van der Waals surface area contributed by atoms with Crippen LogP contribution >= 0.6 is 0 Å². The van der Waals surface area contributed by atoms with Crippen LogP contribution in [0.15, 0.2) is 78.9 Å². The number of anilines is 1. The van der Waals surface area contributed by atoms with Crippen molar-refractivity contribution in [2.75, 3.05) is 12.4 Å². The summed E-state index contributed by atoms with van der Waals surface area (Å²) < 4.78 is 11.4. The number of methoxy groups -OCH3 is 1. The number of aromatic hydroxyl groups is 1. The van der Waals surface area contributed by atoms with Crippen molar-refractivity contribution in [1.82, 2.24) is 0 Å². The van der Waals surface area contributed by atoms with E-state index in [4.69, 9.17) is 9.47 Å². The Morgan fingerprint density at radius 1 is 0.931 bits per heavy atom. The van der Waals surface area contributed by atoms with Crippen molar-refractivity contribution in [3.8, 4) is 23.0 Å². The lowest BCUT2D eigenvalue weighted by molar-refractivity contribution is 0.358. The number of nitrogens with one attached hydrogen (secondary N) is 1. The summed E-state index contributed by atoms with van der Waals surface area (Å²) in [7, 11) is 1.58. The molecule has 1 heterocycles. The van der Waals surface area contributed by atoms with Crippen LogP contribution in [-0.4, -0.2) is 12.2 Å². The lowest BCUT2D eigenvalue weighted by Gasteiger charge is -2.38. The first kappa shape index (κ1) is 17.7. The summed E-state index contributed by atoms with van der Waals surface area (Å²) in [4.78, 5) is 0.